The maximum Gasteiger partial charge on any atom is 0.416 e. The zero-order chi connectivity index (χ0) is 19.0. The van der Waals surface area contributed by atoms with Gasteiger partial charge in [0.25, 0.3) is 0 Å². The fourth-order valence-electron chi connectivity index (χ4n) is 3.17. The zero-order valence-electron chi connectivity index (χ0n) is 14.0. The van der Waals surface area contributed by atoms with Gasteiger partial charge in [0.2, 0.25) is 0 Å². The number of rotatable bonds is 3. The Bertz CT molecular complexity index is 1050. The summed E-state index contributed by atoms with van der Waals surface area (Å²) in [6.45, 7) is 0. The minimum Gasteiger partial charge on any atom is -0.329 e. The van der Waals surface area contributed by atoms with Gasteiger partial charge in [0, 0.05) is 12.0 Å². The van der Waals surface area contributed by atoms with E-state index in [2.05, 4.69) is 9.97 Å². The molecule has 1 aromatic heterocycles. The van der Waals surface area contributed by atoms with Crippen molar-refractivity contribution in [3.05, 3.63) is 88.9 Å². The summed E-state index contributed by atoms with van der Waals surface area (Å²) in [5.74, 6) is 0.564. The van der Waals surface area contributed by atoms with Crippen molar-refractivity contribution in [2.45, 2.75) is 12.6 Å². The molecule has 1 aliphatic rings. The van der Waals surface area contributed by atoms with E-state index in [1.54, 1.807) is 18.2 Å². The second kappa shape index (κ2) is 6.74. The molecule has 0 spiro atoms. The fourth-order valence-corrected chi connectivity index (χ4v) is 3.41. The maximum absolute atomic E-state index is 13.3. The molecule has 1 aliphatic carbocycles. The summed E-state index contributed by atoms with van der Waals surface area (Å²) in [5.41, 5.74) is 2.46. The van der Waals surface area contributed by atoms with E-state index in [0.717, 1.165) is 17.2 Å². The Morgan fingerprint density at radius 2 is 1.56 bits per heavy atom. The van der Waals surface area contributed by atoms with Crippen molar-refractivity contribution in [2.24, 2.45) is 0 Å². The summed E-state index contributed by atoms with van der Waals surface area (Å²) in [7, 11) is 0. The van der Waals surface area contributed by atoms with Crippen molar-refractivity contribution in [3.8, 4) is 11.3 Å². The number of hydrogen-bond acceptors (Lipinski definition) is 1. The van der Waals surface area contributed by atoms with Crippen LogP contribution in [0.25, 0.3) is 22.4 Å². The van der Waals surface area contributed by atoms with Crippen molar-refractivity contribution in [2.75, 3.05) is 0 Å². The molecule has 0 saturated carbocycles. The van der Waals surface area contributed by atoms with Crippen molar-refractivity contribution in [3.63, 3.8) is 0 Å². The van der Waals surface area contributed by atoms with Gasteiger partial charge in [-0.3, -0.25) is 0 Å². The number of nitrogens with one attached hydrogen (secondary N) is 1. The number of nitrogens with zero attached hydrogens (tertiary/aromatic N) is 1. The largest absolute Gasteiger partial charge is 0.416 e. The molecule has 4 rings (SSSR count). The highest BCUT2D eigenvalue weighted by molar-refractivity contribution is 6.32. The summed E-state index contributed by atoms with van der Waals surface area (Å²) in [6.07, 6.45) is -0.551. The molecule has 0 radical (unpaired) electrons. The maximum atomic E-state index is 13.3. The lowest BCUT2D eigenvalue weighted by molar-refractivity contribution is -0.137. The Morgan fingerprint density at radius 3 is 2.30 bits per heavy atom. The van der Waals surface area contributed by atoms with Crippen LogP contribution in [0.15, 0.2) is 66.7 Å². The van der Waals surface area contributed by atoms with Crippen LogP contribution in [0.2, 0.25) is 5.15 Å². The highest BCUT2D eigenvalue weighted by Gasteiger charge is 2.34. The van der Waals surface area contributed by atoms with Gasteiger partial charge in [0.05, 0.1) is 5.56 Å². The quantitative estimate of drug-likeness (QED) is 0.538. The van der Waals surface area contributed by atoms with Crippen molar-refractivity contribution in [1.29, 1.82) is 0 Å². The molecular weight excluding hydrogens is 373 g/mol. The van der Waals surface area contributed by atoms with Crippen LogP contribution in [0.3, 0.4) is 0 Å². The molecule has 0 atom stereocenters. The predicted molar refractivity (Wildman–Crippen MR) is 101 cm³/mol. The van der Waals surface area contributed by atoms with E-state index < -0.39 is 11.7 Å². The fraction of sp³-hybridized carbons (Fsp3) is 0.0952. The van der Waals surface area contributed by atoms with Crippen LogP contribution in [0.5, 0.6) is 0 Å². The van der Waals surface area contributed by atoms with Gasteiger partial charge >= 0.3 is 6.18 Å². The number of H-pyrrole nitrogens is 1. The van der Waals surface area contributed by atoms with E-state index >= 15 is 0 Å². The van der Waals surface area contributed by atoms with Crippen LogP contribution >= 0.6 is 11.6 Å². The molecule has 3 aromatic rings. The number of aromatic nitrogens is 2. The number of benzene rings is 2. The summed E-state index contributed by atoms with van der Waals surface area (Å²) < 4.78 is 39.9. The Hall–Kier alpha value is -2.79. The third kappa shape index (κ3) is 3.43. The molecule has 0 bridgehead atoms. The van der Waals surface area contributed by atoms with E-state index in [-0.39, 0.29) is 5.56 Å². The highest BCUT2D eigenvalue weighted by Crippen LogP contribution is 2.40. The van der Waals surface area contributed by atoms with Crippen LogP contribution in [-0.4, -0.2) is 9.97 Å². The first-order valence-corrected chi connectivity index (χ1v) is 8.69. The van der Waals surface area contributed by atoms with Crippen molar-refractivity contribution < 1.29 is 13.2 Å². The van der Waals surface area contributed by atoms with Crippen LogP contribution < -0.4 is 0 Å². The first-order valence-electron chi connectivity index (χ1n) is 8.31. The lowest BCUT2D eigenvalue weighted by Gasteiger charge is -2.13. The summed E-state index contributed by atoms with van der Waals surface area (Å²) in [5, 5.41) is 0.404. The summed E-state index contributed by atoms with van der Waals surface area (Å²) >= 11 is 6.29. The van der Waals surface area contributed by atoms with Crippen LogP contribution in [-0.2, 0) is 6.18 Å². The molecule has 0 aliphatic heterocycles. The van der Waals surface area contributed by atoms with Gasteiger partial charge in [-0.2, -0.15) is 13.2 Å². The van der Waals surface area contributed by atoms with Gasteiger partial charge in [-0.05, 0) is 22.8 Å². The standard InChI is InChI=1S/C21H14ClF3N2/c22-19-18(13-6-2-1-3-7-13)26-20(27-19)15-11-10-14(12-15)16-8-4-5-9-17(16)21(23,24)25/h1-11H,12H2,(H,26,27). The van der Waals surface area contributed by atoms with Crippen LogP contribution in [0.4, 0.5) is 13.2 Å². The third-order valence-electron chi connectivity index (χ3n) is 4.46. The summed E-state index contributed by atoms with van der Waals surface area (Å²) in [6, 6.07) is 15.1. The number of aromatic amines is 1. The second-order valence-electron chi connectivity index (χ2n) is 6.22. The molecule has 2 nitrogen and oxygen atoms in total. The molecule has 0 fully saturated rings. The molecule has 1 N–H and O–H groups in total. The average Bonchev–Trinajstić information content (AvgIpc) is 3.28. The Labute approximate surface area is 159 Å². The minimum atomic E-state index is -4.39. The van der Waals surface area contributed by atoms with E-state index in [9.17, 15) is 13.2 Å². The molecule has 0 unspecified atom stereocenters. The number of hydrogen-bond donors (Lipinski definition) is 1. The number of allylic oxidation sites excluding steroid dienone is 4. The van der Waals surface area contributed by atoms with Gasteiger partial charge in [-0.25, -0.2) is 4.98 Å². The molecule has 27 heavy (non-hydrogen) atoms. The molecule has 0 saturated heterocycles. The molecular formula is C21H14ClF3N2. The second-order valence-corrected chi connectivity index (χ2v) is 6.60. The topological polar surface area (TPSA) is 28.7 Å². The molecule has 136 valence electrons. The Kier molecular flexibility index (Phi) is 4.40. The minimum absolute atomic E-state index is 0.192. The van der Waals surface area contributed by atoms with E-state index in [1.165, 1.54) is 12.1 Å². The van der Waals surface area contributed by atoms with Gasteiger partial charge in [-0.1, -0.05) is 72.3 Å². The van der Waals surface area contributed by atoms with E-state index in [1.807, 2.05) is 30.3 Å². The zero-order valence-corrected chi connectivity index (χ0v) is 14.8. The van der Waals surface area contributed by atoms with Gasteiger partial charge in [0.15, 0.2) is 0 Å². The third-order valence-corrected chi connectivity index (χ3v) is 4.73. The monoisotopic (exact) mass is 386 g/mol. The Morgan fingerprint density at radius 1 is 0.889 bits per heavy atom. The predicted octanol–water partition coefficient (Wildman–Crippen LogP) is 6.62. The molecule has 1 heterocycles. The Balaban J connectivity index is 1.61. The van der Waals surface area contributed by atoms with Gasteiger partial charge < -0.3 is 4.98 Å². The van der Waals surface area contributed by atoms with Crippen molar-refractivity contribution >= 4 is 22.7 Å². The highest BCUT2D eigenvalue weighted by atomic mass is 35.5. The van der Waals surface area contributed by atoms with Crippen LogP contribution in [0.1, 0.15) is 23.4 Å². The van der Waals surface area contributed by atoms with Gasteiger partial charge in [0.1, 0.15) is 16.7 Å². The van der Waals surface area contributed by atoms with E-state index in [4.69, 9.17) is 11.6 Å². The number of alkyl halides is 3. The van der Waals surface area contributed by atoms with E-state index in [0.29, 0.717) is 28.7 Å². The number of imidazole rings is 1. The molecule has 6 heteroatoms. The first kappa shape index (κ1) is 17.6. The SMILES string of the molecule is FC(F)(F)c1ccccc1C1=CC=C(c2nc(-c3ccccc3)c(Cl)[nH]2)C1. The lowest BCUT2D eigenvalue weighted by atomic mass is 9.97. The molecule has 0 amide bonds. The van der Waals surface area contributed by atoms with Crippen molar-refractivity contribution in [1.82, 2.24) is 9.97 Å². The van der Waals surface area contributed by atoms with Crippen LogP contribution in [0, 0.1) is 0 Å². The average molecular weight is 387 g/mol. The normalized spacial score (nSPS) is 14.2. The lowest BCUT2D eigenvalue weighted by Crippen LogP contribution is -2.08. The number of halogens is 4. The molecule has 2 aromatic carbocycles. The first-order chi connectivity index (χ1) is 12.9. The van der Waals surface area contributed by atoms with Gasteiger partial charge in [-0.15, -0.1) is 0 Å². The summed E-state index contributed by atoms with van der Waals surface area (Å²) in [4.78, 5) is 7.58. The smallest absolute Gasteiger partial charge is 0.329 e.